The zero-order valence-electron chi connectivity index (χ0n) is 10.5. The number of hydrogen-bond acceptors (Lipinski definition) is 3. The third kappa shape index (κ3) is 4.64. The first-order valence-electron chi connectivity index (χ1n) is 6.93. The molecule has 0 aromatic heterocycles. The van der Waals surface area contributed by atoms with Crippen LogP contribution in [0.1, 0.15) is 38.5 Å². The van der Waals surface area contributed by atoms with Gasteiger partial charge in [-0.1, -0.05) is 0 Å². The number of piperidine rings is 1. The van der Waals surface area contributed by atoms with Crippen LogP contribution in [0.4, 0.5) is 0 Å². The summed E-state index contributed by atoms with van der Waals surface area (Å²) < 4.78 is 5.57. The van der Waals surface area contributed by atoms with Gasteiger partial charge in [-0.25, -0.2) is 0 Å². The zero-order chi connectivity index (χ0) is 11.9. The molecule has 0 bridgehead atoms. The number of ether oxygens (including phenoxy) is 1. The van der Waals surface area contributed by atoms with Gasteiger partial charge in [0.15, 0.2) is 0 Å². The molecule has 2 unspecified atom stereocenters. The fraction of sp³-hybridized carbons (Fsp3) is 0.923. The largest absolute Gasteiger partial charge is 0.378 e. The van der Waals surface area contributed by atoms with Gasteiger partial charge in [0.25, 0.3) is 0 Å². The molecule has 98 valence electrons. The molecule has 0 radical (unpaired) electrons. The highest BCUT2D eigenvalue weighted by Crippen LogP contribution is 2.15. The average Bonchev–Trinajstić information content (AvgIpc) is 2.39. The third-order valence-electron chi connectivity index (χ3n) is 3.67. The minimum Gasteiger partial charge on any atom is -0.378 e. The van der Waals surface area contributed by atoms with Gasteiger partial charge in [0.1, 0.15) is 0 Å². The van der Waals surface area contributed by atoms with Crippen molar-refractivity contribution in [2.45, 2.75) is 44.6 Å². The fourth-order valence-corrected chi connectivity index (χ4v) is 2.60. The van der Waals surface area contributed by atoms with E-state index in [4.69, 9.17) is 4.74 Å². The Morgan fingerprint density at radius 1 is 1.29 bits per heavy atom. The lowest BCUT2D eigenvalue weighted by atomic mass is 9.99. The van der Waals surface area contributed by atoms with Gasteiger partial charge < -0.3 is 15.4 Å². The Kier molecular flexibility index (Phi) is 5.26. The van der Waals surface area contributed by atoms with Gasteiger partial charge in [0.05, 0.1) is 12.5 Å². The Labute approximate surface area is 103 Å². The Hall–Kier alpha value is -0.610. The molecule has 17 heavy (non-hydrogen) atoms. The number of rotatable bonds is 4. The summed E-state index contributed by atoms with van der Waals surface area (Å²) in [5.41, 5.74) is 0. The van der Waals surface area contributed by atoms with Crippen molar-refractivity contribution < 1.29 is 9.53 Å². The van der Waals surface area contributed by atoms with Crippen LogP contribution in [0.2, 0.25) is 0 Å². The highest BCUT2D eigenvalue weighted by Gasteiger charge is 2.19. The SMILES string of the molecule is O=C(CC1CCCCO1)NCC1CCCNC1. The molecule has 0 aromatic rings. The van der Waals surface area contributed by atoms with E-state index in [1.54, 1.807) is 0 Å². The van der Waals surface area contributed by atoms with Crippen LogP contribution in [0.5, 0.6) is 0 Å². The van der Waals surface area contributed by atoms with Gasteiger partial charge in [-0.3, -0.25) is 4.79 Å². The van der Waals surface area contributed by atoms with E-state index in [1.807, 2.05) is 0 Å². The highest BCUT2D eigenvalue weighted by atomic mass is 16.5. The normalized spacial score (nSPS) is 29.9. The summed E-state index contributed by atoms with van der Waals surface area (Å²) in [5, 5.41) is 6.40. The van der Waals surface area contributed by atoms with E-state index >= 15 is 0 Å². The molecule has 0 aromatic carbocycles. The molecule has 4 heteroatoms. The second kappa shape index (κ2) is 6.97. The quantitative estimate of drug-likeness (QED) is 0.772. The summed E-state index contributed by atoms with van der Waals surface area (Å²) >= 11 is 0. The van der Waals surface area contributed by atoms with Crippen LogP contribution >= 0.6 is 0 Å². The van der Waals surface area contributed by atoms with E-state index < -0.39 is 0 Å². The molecule has 0 aliphatic carbocycles. The van der Waals surface area contributed by atoms with E-state index in [0.717, 1.165) is 39.1 Å². The molecule has 0 spiro atoms. The van der Waals surface area contributed by atoms with Crippen molar-refractivity contribution >= 4 is 5.91 Å². The van der Waals surface area contributed by atoms with E-state index in [2.05, 4.69) is 10.6 Å². The van der Waals surface area contributed by atoms with E-state index in [9.17, 15) is 4.79 Å². The predicted octanol–water partition coefficient (Wildman–Crippen LogP) is 1.06. The van der Waals surface area contributed by atoms with Crippen LogP contribution in [0, 0.1) is 5.92 Å². The van der Waals surface area contributed by atoms with Crippen LogP contribution in [-0.2, 0) is 9.53 Å². The molecule has 2 rings (SSSR count). The lowest BCUT2D eigenvalue weighted by molar-refractivity contribution is -0.125. The molecule has 2 aliphatic heterocycles. The van der Waals surface area contributed by atoms with Gasteiger partial charge >= 0.3 is 0 Å². The highest BCUT2D eigenvalue weighted by molar-refractivity contribution is 5.76. The first-order chi connectivity index (χ1) is 8.34. The molecular formula is C13H24N2O2. The van der Waals surface area contributed by atoms with Crippen LogP contribution in [0.3, 0.4) is 0 Å². The van der Waals surface area contributed by atoms with Gasteiger partial charge in [0.2, 0.25) is 5.91 Å². The van der Waals surface area contributed by atoms with E-state index in [0.29, 0.717) is 12.3 Å². The Morgan fingerprint density at radius 3 is 2.94 bits per heavy atom. The molecule has 2 atom stereocenters. The van der Waals surface area contributed by atoms with Gasteiger partial charge in [-0.2, -0.15) is 0 Å². The number of carbonyl (C=O) groups is 1. The monoisotopic (exact) mass is 240 g/mol. The summed E-state index contributed by atoms with van der Waals surface area (Å²) in [6, 6.07) is 0. The van der Waals surface area contributed by atoms with Crippen LogP contribution in [0.25, 0.3) is 0 Å². The van der Waals surface area contributed by atoms with Crippen molar-refractivity contribution in [2.75, 3.05) is 26.2 Å². The standard InChI is InChI=1S/C13H24N2O2/c16-13(8-12-5-1-2-7-17-12)15-10-11-4-3-6-14-9-11/h11-12,14H,1-10H2,(H,15,16). The minimum atomic E-state index is 0.155. The van der Waals surface area contributed by atoms with Crippen molar-refractivity contribution in [3.63, 3.8) is 0 Å². The van der Waals surface area contributed by atoms with Crippen molar-refractivity contribution in [1.82, 2.24) is 10.6 Å². The molecule has 2 saturated heterocycles. The van der Waals surface area contributed by atoms with Crippen LogP contribution in [-0.4, -0.2) is 38.3 Å². The molecule has 2 N–H and O–H groups in total. The predicted molar refractivity (Wildman–Crippen MR) is 66.8 cm³/mol. The second-order valence-electron chi connectivity index (χ2n) is 5.21. The van der Waals surface area contributed by atoms with E-state index in [1.165, 1.54) is 19.3 Å². The van der Waals surface area contributed by atoms with Crippen LogP contribution in [0.15, 0.2) is 0 Å². The molecular weight excluding hydrogens is 216 g/mol. The first kappa shape index (κ1) is 12.8. The lowest BCUT2D eigenvalue weighted by Crippen LogP contribution is -2.39. The lowest BCUT2D eigenvalue weighted by Gasteiger charge is -2.24. The third-order valence-corrected chi connectivity index (χ3v) is 3.67. The fourth-order valence-electron chi connectivity index (χ4n) is 2.60. The molecule has 2 aliphatic rings. The molecule has 2 heterocycles. The smallest absolute Gasteiger partial charge is 0.222 e. The van der Waals surface area contributed by atoms with Gasteiger partial charge in [-0.05, 0) is 51.1 Å². The Balaban J connectivity index is 1.59. The van der Waals surface area contributed by atoms with Gasteiger partial charge in [0, 0.05) is 13.2 Å². The number of amides is 1. The number of hydrogen-bond donors (Lipinski definition) is 2. The zero-order valence-corrected chi connectivity index (χ0v) is 10.5. The van der Waals surface area contributed by atoms with E-state index in [-0.39, 0.29) is 12.0 Å². The average molecular weight is 240 g/mol. The van der Waals surface area contributed by atoms with Crippen molar-refractivity contribution in [3.05, 3.63) is 0 Å². The van der Waals surface area contributed by atoms with Crippen molar-refractivity contribution in [1.29, 1.82) is 0 Å². The maximum absolute atomic E-state index is 11.7. The second-order valence-corrected chi connectivity index (χ2v) is 5.21. The first-order valence-corrected chi connectivity index (χ1v) is 6.93. The Morgan fingerprint density at radius 2 is 2.24 bits per heavy atom. The topological polar surface area (TPSA) is 50.4 Å². The number of carbonyl (C=O) groups excluding carboxylic acids is 1. The van der Waals surface area contributed by atoms with Crippen molar-refractivity contribution in [2.24, 2.45) is 5.92 Å². The summed E-state index contributed by atoms with van der Waals surface area (Å²) in [6.07, 6.45) is 6.54. The molecule has 4 nitrogen and oxygen atoms in total. The minimum absolute atomic E-state index is 0.155. The summed E-state index contributed by atoms with van der Waals surface area (Å²) in [7, 11) is 0. The molecule has 2 fully saturated rings. The maximum Gasteiger partial charge on any atom is 0.222 e. The number of nitrogens with one attached hydrogen (secondary N) is 2. The summed E-state index contributed by atoms with van der Waals surface area (Å²) in [4.78, 5) is 11.7. The molecule has 0 saturated carbocycles. The van der Waals surface area contributed by atoms with Crippen LogP contribution < -0.4 is 10.6 Å². The summed E-state index contributed by atoms with van der Waals surface area (Å²) in [6.45, 7) is 3.81. The molecule has 1 amide bonds. The summed E-state index contributed by atoms with van der Waals surface area (Å²) in [5.74, 6) is 0.766. The maximum atomic E-state index is 11.7. The van der Waals surface area contributed by atoms with Gasteiger partial charge in [-0.15, -0.1) is 0 Å². The van der Waals surface area contributed by atoms with Crippen molar-refractivity contribution in [3.8, 4) is 0 Å². The Bertz CT molecular complexity index is 234.